The highest BCUT2D eigenvalue weighted by atomic mass is 32.2. The lowest BCUT2D eigenvalue weighted by molar-refractivity contribution is -0.141. The SMILES string of the molecule is CCSc1cc2cnccc2cc1-c1nc2cc(C(F)(F)F)ncc2n1C. The predicted octanol–water partition coefficient (Wildman–Crippen LogP) is 5.31. The van der Waals surface area contributed by atoms with E-state index in [1.54, 1.807) is 35.8 Å². The molecular formula is C19H15F3N4S. The molecule has 4 nitrogen and oxygen atoms in total. The highest BCUT2D eigenvalue weighted by Crippen LogP contribution is 2.36. The van der Waals surface area contributed by atoms with Crippen LogP contribution in [0.15, 0.2) is 47.8 Å². The van der Waals surface area contributed by atoms with Crippen molar-refractivity contribution in [2.75, 3.05) is 5.75 Å². The molecule has 3 aromatic heterocycles. The summed E-state index contributed by atoms with van der Waals surface area (Å²) in [6.07, 6.45) is 0.248. The number of pyridine rings is 2. The lowest BCUT2D eigenvalue weighted by atomic mass is 10.1. The Balaban J connectivity index is 1.95. The van der Waals surface area contributed by atoms with Crippen LogP contribution in [0.4, 0.5) is 13.2 Å². The zero-order chi connectivity index (χ0) is 19.2. The number of rotatable bonds is 3. The highest BCUT2D eigenvalue weighted by Gasteiger charge is 2.33. The van der Waals surface area contributed by atoms with E-state index in [1.165, 1.54) is 6.20 Å². The first-order valence-corrected chi connectivity index (χ1v) is 9.27. The van der Waals surface area contributed by atoms with Gasteiger partial charge in [-0.2, -0.15) is 13.2 Å². The molecule has 1 aromatic carbocycles. The maximum absolute atomic E-state index is 13.0. The fourth-order valence-electron chi connectivity index (χ4n) is 3.05. The molecule has 0 bridgehead atoms. The van der Waals surface area contributed by atoms with Crippen LogP contribution in [0, 0.1) is 0 Å². The number of fused-ring (bicyclic) bond motifs is 2. The molecule has 138 valence electrons. The molecule has 0 atom stereocenters. The lowest BCUT2D eigenvalue weighted by Crippen LogP contribution is -2.07. The molecule has 0 aliphatic heterocycles. The second-order valence-electron chi connectivity index (χ2n) is 6.05. The maximum atomic E-state index is 13.0. The Bertz CT molecular complexity index is 1150. The normalized spacial score (nSPS) is 12.2. The summed E-state index contributed by atoms with van der Waals surface area (Å²) in [7, 11) is 1.79. The van der Waals surface area contributed by atoms with Gasteiger partial charge in [0.2, 0.25) is 0 Å². The van der Waals surface area contributed by atoms with Gasteiger partial charge in [0.25, 0.3) is 0 Å². The number of aromatic nitrogens is 4. The number of hydrogen-bond acceptors (Lipinski definition) is 4. The van der Waals surface area contributed by atoms with E-state index in [4.69, 9.17) is 0 Å². The first kappa shape index (κ1) is 17.8. The molecule has 4 aromatic rings. The van der Waals surface area contributed by atoms with Crippen LogP contribution in [0.25, 0.3) is 33.2 Å². The van der Waals surface area contributed by atoms with E-state index in [1.807, 2.05) is 18.2 Å². The van der Waals surface area contributed by atoms with E-state index >= 15 is 0 Å². The van der Waals surface area contributed by atoms with Crippen molar-refractivity contribution in [2.24, 2.45) is 7.05 Å². The number of nitrogens with zero attached hydrogens (tertiary/aromatic N) is 4. The standard InChI is InChI=1S/C19H15F3N4S/c1-3-27-16-7-12-9-23-5-4-11(12)6-13(16)18-25-14-8-17(19(20,21)22)24-10-15(14)26(18)2/h4-10H,3H2,1-2H3. The van der Waals surface area contributed by atoms with Crippen molar-refractivity contribution in [1.29, 1.82) is 0 Å². The van der Waals surface area contributed by atoms with E-state index in [0.717, 1.165) is 33.1 Å². The van der Waals surface area contributed by atoms with Gasteiger partial charge in [-0.3, -0.25) is 4.98 Å². The first-order valence-electron chi connectivity index (χ1n) is 8.29. The van der Waals surface area contributed by atoms with Crippen LogP contribution in [-0.4, -0.2) is 25.3 Å². The molecule has 0 spiro atoms. The summed E-state index contributed by atoms with van der Waals surface area (Å²) in [4.78, 5) is 13.2. The predicted molar refractivity (Wildman–Crippen MR) is 101 cm³/mol. The minimum absolute atomic E-state index is 0.275. The molecule has 0 saturated carbocycles. The van der Waals surface area contributed by atoms with Gasteiger partial charge < -0.3 is 4.57 Å². The van der Waals surface area contributed by atoms with Crippen LogP contribution in [0.3, 0.4) is 0 Å². The summed E-state index contributed by atoms with van der Waals surface area (Å²) in [6, 6.07) is 6.96. The van der Waals surface area contributed by atoms with Crippen molar-refractivity contribution in [3.05, 3.63) is 48.5 Å². The molecule has 0 N–H and O–H groups in total. The van der Waals surface area contributed by atoms with Gasteiger partial charge in [0.1, 0.15) is 11.5 Å². The number of benzene rings is 1. The number of alkyl halides is 3. The molecule has 0 aliphatic rings. The second kappa shape index (κ2) is 6.53. The van der Waals surface area contributed by atoms with Gasteiger partial charge >= 0.3 is 6.18 Å². The van der Waals surface area contributed by atoms with Gasteiger partial charge in [-0.15, -0.1) is 11.8 Å². The minimum Gasteiger partial charge on any atom is -0.326 e. The van der Waals surface area contributed by atoms with Gasteiger partial charge in [-0.1, -0.05) is 6.92 Å². The number of thioether (sulfide) groups is 1. The van der Waals surface area contributed by atoms with E-state index in [-0.39, 0.29) is 5.52 Å². The largest absolute Gasteiger partial charge is 0.433 e. The van der Waals surface area contributed by atoms with Crippen molar-refractivity contribution < 1.29 is 13.2 Å². The van der Waals surface area contributed by atoms with Crippen LogP contribution in [0.5, 0.6) is 0 Å². The average molecular weight is 388 g/mol. The van der Waals surface area contributed by atoms with Crippen LogP contribution >= 0.6 is 11.8 Å². The van der Waals surface area contributed by atoms with Crippen molar-refractivity contribution in [1.82, 2.24) is 19.5 Å². The Morgan fingerprint density at radius 3 is 2.67 bits per heavy atom. The average Bonchev–Trinajstić information content (AvgIpc) is 2.97. The van der Waals surface area contributed by atoms with E-state index in [0.29, 0.717) is 11.3 Å². The number of imidazole rings is 1. The summed E-state index contributed by atoms with van der Waals surface area (Å²) in [5.74, 6) is 1.48. The summed E-state index contributed by atoms with van der Waals surface area (Å²) < 4.78 is 40.7. The molecule has 0 radical (unpaired) electrons. The maximum Gasteiger partial charge on any atom is 0.433 e. The van der Waals surface area contributed by atoms with Gasteiger partial charge in [0.15, 0.2) is 0 Å². The smallest absolute Gasteiger partial charge is 0.326 e. The summed E-state index contributed by atoms with van der Waals surface area (Å²) >= 11 is 1.66. The van der Waals surface area contributed by atoms with Crippen molar-refractivity contribution in [3.8, 4) is 11.4 Å². The van der Waals surface area contributed by atoms with Crippen LogP contribution in [0.2, 0.25) is 0 Å². The quantitative estimate of drug-likeness (QED) is 0.446. The molecule has 0 amide bonds. The molecule has 0 unspecified atom stereocenters. The fourth-order valence-corrected chi connectivity index (χ4v) is 3.88. The Morgan fingerprint density at radius 1 is 1.11 bits per heavy atom. The third kappa shape index (κ3) is 3.14. The van der Waals surface area contributed by atoms with E-state index < -0.39 is 11.9 Å². The molecule has 0 aliphatic carbocycles. The lowest BCUT2D eigenvalue weighted by Gasteiger charge is -2.10. The monoisotopic (exact) mass is 388 g/mol. The van der Waals surface area contributed by atoms with Crippen LogP contribution < -0.4 is 0 Å². The zero-order valence-corrected chi connectivity index (χ0v) is 15.4. The fraction of sp³-hybridized carbons (Fsp3) is 0.211. The molecule has 3 heterocycles. The Labute approximate surface area is 157 Å². The van der Waals surface area contributed by atoms with Crippen LogP contribution in [-0.2, 0) is 13.2 Å². The zero-order valence-electron chi connectivity index (χ0n) is 14.6. The summed E-state index contributed by atoms with van der Waals surface area (Å²) in [5, 5.41) is 2.01. The minimum atomic E-state index is -4.49. The van der Waals surface area contributed by atoms with Crippen molar-refractivity contribution in [2.45, 2.75) is 18.0 Å². The van der Waals surface area contributed by atoms with Crippen molar-refractivity contribution >= 4 is 33.6 Å². The van der Waals surface area contributed by atoms with Gasteiger partial charge in [-0.05, 0) is 35.4 Å². The molecule has 0 fully saturated rings. The molecule has 27 heavy (non-hydrogen) atoms. The molecule has 4 rings (SSSR count). The van der Waals surface area contributed by atoms with Crippen LogP contribution in [0.1, 0.15) is 12.6 Å². The Morgan fingerprint density at radius 2 is 1.93 bits per heavy atom. The van der Waals surface area contributed by atoms with E-state index in [9.17, 15) is 13.2 Å². The van der Waals surface area contributed by atoms with Gasteiger partial charge in [-0.25, -0.2) is 9.97 Å². The molecule has 8 heteroatoms. The summed E-state index contributed by atoms with van der Waals surface area (Å²) in [6.45, 7) is 2.05. The molecular weight excluding hydrogens is 373 g/mol. The van der Waals surface area contributed by atoms with Gasteiger partial charge in [0.05, 0.1) is 17.2 Å². The number of halogens is 3. The topological polar surface area (TPSA) is 43.6 Å². The highest BCUT2D eigenvalue weighted by molar-refractivity contribution is 7.99. The van der Waals surface area contributed by atoms with Crippen molar-refractivity contribution in [3.63, 3.8) is 0 Å². The number of hydrogen-bond donors (Lipinski definition) is 0. The number of aryl methyl sites for hydroxylation is 1. The van der Waals surface area contributed by atoms with E-state index in [2.05, 4.69) is 21.9 Å². The van der Waals surface area contributed by atoms with Gasteiger partial charge in [0, 0.05) is 35.3 Å². The summed E-state index contributed by atoms with van der Waals surface area (Å²) in [5.41, 5.74) is 0.776. The first-order chi connectivity index (χ1) is 12.9. The third-order valence-corrected chi connectivity index (χ3v) is 5.27. The third-order valence-electron chi connectivity index (χ3n) is 4.34. The Kier molecular flexibility index (Phi) is 4.30. The second-order valence-corrected chi connectivity index (χ2v) is 7.36. The Hall–Kier alpha value is -2.61. The molecule has 0 saturated heterocycles.